The van der Waals surface area contributed by atoms with Gasteiger partial charge >= 0.3 is 0 Å². The van der Waals surface area contributed by atoms with E-state index in [0.29, 0.717) is 36.3 Å². The van der Waals surface area contributed by atoms with Crippen LogP contribution in [0.5, 0.6) is 5.75 Å². The van der Waals surface area contributed by atoms with Gasteiger partial charge in [0.05, 0.1) is 13.2 Å². The van der Waals surface area contributed by atoms with Gasteiger partial charge in [-0.2, -0.15) is 0 Å². The lowest BCUT2D eigenvalue weighted by Gasteiger charge is -2.11. The molecule has 0 aliphatic carbocycles. The molecule has 0 atom stereocenters. The number of halogens is 1. The summed E-state index contributed by atoms with van der Waals surface area (Å²) in [4.78, 5) is 12.1. The minimum atomic E-state index is -0.150. The summed E-state index contributed by atoms with van der Waals surface area (Å²) in [6.45, 7) is 5.70. The Labute approximate surface area is 153 Å². The molecule has 0 unspecified atom stereocenters. The molecule has 0 spiro atoms. The second kappa shape index (κ2) is 9.91. The molecule has 0 heterocycles. The van der Waals surface area contributed by atoms with E-state index in [1.165, 1.54) is 0 Å². The highest BCUT2D eigenvalue weighted by Crippen LogP contribution is 2.20. The molecule has 0 fully saturated rings. The number of aryl methyl sites for hydroxylation is 1. The number of nitrogens with one attached hydrogen (secondary N) is 2. The van der Waals surface area contributed by atoms with Crippen molar-refractivity contribution in [3.8, 4) is 5.75 Å². The highest BCUT2D eigenvalue weighted by atomic mass is 35.5. The number of benzene rings is 2. The summed E-state index contributed by atoms with van der Waals surface area (Å²) in [5.74, 6) is 0.541. The van der Waals surface area contributed by atoms with Gasteiger partial charge < -0.3 is 20.1 Å². The summed E-state index contributed by atoms with van der Waals surface area (Å²) >= 11 is 6.07. The van der Waals surface area contributed by atoms with Crippen LogP contribution in [0.4, 0.5) is 11.4 Å². The average Bonchev–Trinajstić information content (AvgIpc) is 2.60. The Morgan fingerprint density at radius 1 is 1.12 bits per heavy atom. The van der Waals surface area contributed by atoms with Crippen LogP contribution in [0.2, 0.25) is 5.02 Å². The van der Waals surface area contributed by atoms with Gasteiger partial charge in [-0.05, 0) is 43.7 Å². The molecule has 134 valence electrons. The second-order valence-electron chi connectivity index (χ2n) is 5.44. The summed E-state index contributed by atoms with van der Waals surface area (Å²) in [7, 11) is 0. The smallest absolute Gasteiger partial charge is 0.243 e. The van der Waals surface area contributed by atoms with Gasteiger partial charge in [-0.15, -0.1) is 0 Å². The van der Waals surface area contributed by atoms with Crippen molar-refractivity contribution in [3.63, 3.8) is 0 Å². The van der Waals surface area contributed by atoms with Gasteiger partial charge in [0.15, 0.2) is 0 Å². The van der Waals surface area contributed by atoms with E-state index >= 15 is 0 Å². The third-order valence-corrected chi connectivity index (χ3v) is 3.85. The first-order chi connectivity index (χ1) is 12.1. The number of rotatable bonds is 9. The molecule has 2 rings (SSSR count). The summed E-state index contributed by atoms with van der Waals surface area (Å²) in [5, 5.41) is 6.55. The van der Waals surface area contributed by atoms with Crippen molar-refractivity contribution in [1.29, 1.82) is 0 Å². The Hall–Kier alpha value is -2.24. The highest BCUT2D eigenvalue weighted by Gasteiger charge is 2.05. The first-order valence-electron chi connectivity index (χ1n) is 8.19. The Kier molecular flexibility index (Phi) is 7.57. The van der Waals surface area contributed by atoms with Crippen LogP contribution in [0, 0.1) is 6.92 Å². The molecule has 0 bridgehead atoms. The fourth-order valence-electron chi connectivity index (χ4n) is 2.12. The molecule has 2 N–H and O–H groups in total. The fourth-order valence-corrected chi connectivity index (χ4v) is 2.30. The number of carbonyl (C=O) groups is 1. The quantitative estimate of drug-likeness (QED) is 0.659. The van der Waals surface area contributed by atoms with Crippen LogP contribution < -0.4 is 15.4 Å². The predicted octanol–water partition coefficient (Wildman–Crippen LogP) is 4.11. The van der Waals surface area contributed by atoms with Crippen molar-refractivity contribution in [2.45, 2.75) is 13.8 Å². The maximum Gasteiger partial charge on any atom is 0.243 e. The zero-order valence-corrected chi connectivity index (χ0v) is 15.2. The third-order valence-electron chi connectivity index (χ3n) is 3.44. The maximum absolute atomic E-state index is 12.1. The first kappa shape index (κ1) is 19.1. The standard InChI is InChI=1S/C19H23ClN2O3/c1-3-24-9-10-25-17-6-4-5-16(11-17)22-19(23)13-21-15-8-7-14(2)18(20)12-15/h4-8,11-12,21H,3,9-10,13H2,1-2H3,(H,22,23). The largest absolute Gasteiger partial charge is 0.491 e. The van der Waals surface area contributed by atoms with Crippen molar-refractivity contribution in [1.82, 2.24) is 0 Å². The number of hydrogen-bond donors (Lipinski definition) is 2. The van der Waals surface area contributed by atoms with Crippen LogP contribution in [0.15, 0.2) is 42.5 Å². The molecular formula is C19H23ClN2O3. The second-order valence-corrected chi connectivity index (χ2v) is 5.85. The van der Waals surface area contributed by atoms with Crippen molar-refractivity contribution in [3.05, 3.63) is 53.1 Å². The number of hydrogen-bond acceptors (Lipinski definition) is 4. The van der Waals surface area contributed by atoms with Crippen molar-refractivity contribution < 1.29 is 14.3 Å². The molecule has 0 aliphatic rings. The molecule has 25 heavy (non-hydrogen) atoms. The minimum Gasteiger partial charge on any atom is -0.491 e. The molecule has 0 saturated heterocycles. The number of anilines is 2. The molecule has 0 radical (unpaired) electrons. The summed E-state index contributed by atoms with van der Waals surface area (Å²) in [6, 6.07) is 12.9. The van der Waals surface area contributed by atoms with Gasteiger partial charge in [-0.3, -0.25) is 4.79 Å². The van der Waals surface area contributed by atoms with E-state index < -0.39 is 0 Å². The SMILES string of the molecule is CCOCCOc1cccc(NC(=O)CNc2ccc(C)c(Cl)c2)c1. The third kappa shape index (κ3) is 6.64. The molecule has 5 nitrogen and oxygen atoms in total. The van der Waals surface area contributed by atoms with Gasteiger partial charge in [0, 0.05) is 29.1 Å². The van der Waals surface area contributed by atoms with E-state index in [4.69, 9.17) is 21.1 Å². The lowest BCUT2D eigenvalue weighted by Crippen LogP contribution is -2.21. The fraction of sp³-hybridized carbons (Fsp3) is 0.316. The van der Waals surface area contributed by atoms with Crippen molar-refractivity contribution in [2.24, 2.45) is 0 Å². The van der Waals surface area contributed by atoms with Gasteiger partial charge in [-0.25, -0.2) is 0 Å². The van der Waals surface area contributed by atoms with Crippen LogP contribution in [0.25, 0.3) is 0 Å². The van der Waals surface area contributed by atoms with E-state index in [0.717, 1.165) is 11.3 Å². The van der Waals surface area contributed by atoms with Crippen LogP contribution in [-0.2, 0) is 9.53 Å². The molecule has 6 heteroatoms. The molecule has 2 aromatic rings. The van der Waals surface area contributed by atoms with E-state index in [1.807, 2.05) is 44.2 Å². The van der Waals surface area contributed by atoms with Crippen LogP contribution in [0.3, 0.4) is 0 Å². The van der Waals surface area contributed by atoms with E-state index in [2.05, 4.69) is 10.6 Å². The number of carbonyl (C=O) groups excluding carboxylic acids is 1. The van der Waals surface area contributed by atoms with Crippen LogP contribution >= 0.6 is 11.6 Å². The summed E-state index contributed by atoms with van der Waals surface area (Å²) in [6.07, 6.45) is 0. The monoisotopic (exact) mass is 362 g/mol. The maximum atomic E-state index is 12.1. The predicted molar refractivity (Wildman–Crippen MR) is 102 cm³/mol. The minimum absolute atomic E-state index is 0.148. The molecule has 0 saturated carbocycles. The van der Waals surface area contributed by atoms with Crippen LogP contribution in [0.1, 0.15) is 12.5 Å². The van der Waals surface area contributed by atoms with Crippen LogP contribution in [-0.4, -0.2) is 32.3 Å². The molecular weight excluding hydrogens is 340 g/mol. The first-order valence-corrected chi connectivity index (χ1v) is 8.56. The lowest BCUT2D eigenvalue weighted by atomic mass is 10.2. The van der Waals surface area contributed by atoms with Gasteiger partial charge in [0.2, 0.25) is 5.91 Å². The van der Waals surface area contributed by atoms with E-state index in [-0.39, 0.29) is 12.5 Å². The number of amides is 1. The van der Waals surface area contributed by atoms with E-state index in [9.17, 15) is 4.79 Å². The van der Waals surface area contributed by atoms with Crippen molar-refractivity contribution >= 4 is 28.9 Å². The Morgan fingerprint density at radius 3 is 2.72 bits per heavy atom. The van der Waals surface area contributed by atoms with E-state index in [1.54, 1.807) is 12.1 Å². The molecule has 1 amide bonds. The Bertz CT molecular complexity index is 707. The molecule has 0 aliphatic heterocycles. The lowest BCUT2D eigenvalue weighted by molar-refractivity contribution is -0.114. The van der Waals surface area contributed by atoms with Gasteiger partial charge in [0.1, 0.15) is 12.4 Å². The zero-order valence-electron chi connectivity index (χ0n) is 14.5. The Balaban J connectivity index is 1.82. The summed E-state index contributed by atoms with van der Waals surface area (Å²) in [5.41, 5.74) is 2.49. The van der Waals surface area contributed by atoms with Gasteiger partial charge in [0.25, 0.3) is 0 Å². The normalized spacial score (nSPS) is 10.4. The average molecular weight is 363 g/mol. The molecule has 0 aromatic heterocycles. The summed E-state index contributed by atoms with van der Waals surface area (Å²) < 4.78 is 10.8. The molecule has 2 aromatic carbocycles. The topological polar surface area (TPSA) is 59.6 Å². The number of ether oxygens (including phenoxy) is 2. The zero-order chi connectivity index (χ0) is 18.1. The van der Waals surface area contributed by atoms with Crippen molar-refractivity contribution in [2.75, 3.05) is 37.0 Å². The van der Waals surface area contributed by atoms with Gasteiger partial charge in [-0.1, -0.05) is 23.7 Å². The highest BCUT2D eigenvalue weighted by molar-refractivity contribution is 6.31. The Morgan fingerprint density at radius 2 is 1.96 bits per heavy atom.